The highest BCUT2D eigenvalue weighted by Gasteiger charge is 2.13. The molecule has 3 rings (SSSR count). The number of benzene rings is 1. The van der Waals surface area contributed by atoms with E-state index in [-0.39, 0.29) is 12.1 Å². The van der Waals surface area contributed by atoms with Crippen LogP contribution in [0.4, 0.5) is 10.6 Å². The minimum atomic E-state index is -0.201. The van der Waals surface area contributed by atoms with Crippen LogP contribution >= 0.6 is 0 Å². The third-order valence-corrected chi connectivity index (χ3v) is 4.71. The molecule has 1 aromatic heterocycles. The summed E-state index contributed by atoms with van der Waals surface area (Å²) < 4.78 is 5.51. The molecule has 1 saturated heterocycles. The molecular formula is C21H28N4O2. The van der Waals surface area contributed by atoms with E-state index in [1.54, 1.807) is 0 Å². The number of nitrogens with one attached hydrogen (secondary N) is 2. The van der Waals surface area contributed by atoms with E-state index in [9.17, 15) is 4.79 Å². The fourth-order valence-corrected chi connectivity index (χ4v) is 3.21. The van der Waals surface area contributed by atoms with E-state index in [4.69, 9.17) is 4.74 Å². The van der Waals surface area contributed by atoms with Crippen molar-refractivity contribution in [1.82, 2.24) is 15.6 Å². The maximum Gasteiger partial charge on any atom is 0.315 e. The second-order valence-corrected chi connectivity index (χ2v) is 6.77. The Morgan fingerprint density at radius 2 is 2.07 bits per heavy atom. The number of nitrogens with zero attached hydrogens (tertiary/aromatic N) is 2. The van der Waals surface area contributed by atoms with Gasteiger partial charge in [-0.05, 0) is 56.0 Å². The molecule has 1 fully saturated rings. The van der Waals surface area contributed by atoms with Crippen molar-refractivity contribution in [3.05, 3.63) is 53.7 Å². The molecule has 2 heterocycles. The van der Waals surface area contributed by atoms with Crippen LogP contribution in [0.3, 0.4) is 0 Å². The van der Waals surface area contributed by atoms with Gasteiger partial charge in [0.15, 0.2) is 0 Å². The number of ether oxygens (including phenoxy) is 1. The zero-order valence-corrected chi connectivity index (χ0v) is 16.1. The second-order valence-electron chi connectivity index (χ2n) is 6.77. The molecule has 2 amide bonds. The Balaban J connectivity index is 1.48. The third kappa shape index (κ3) is 5.36. The Bertz CT molecular complexity index is 742. The standard InChI is InChI=1S/C21H28N4O2/c1-3-27-19-8-6-7-18(13-19)16(2)24-21(26)23-15-17-9-10-20(22-14-17)25-11-4-5-12-25/h6-10,13-14,16H,3-5,11-12,15H2,1-2H3,(H2,23,24,26). The van der Waals surface area contributed by atoms with E-state index >= 15 is 0 Å². The molecule has 6 heteroatoms. The fraction of sp³-hybridized carbons (Fsp3) is 0.429. The van der Waals surface area contributed by atoms with E-state index in [0.717, 1.165) is 35.8 Å². The molecule has 1 aliphatic heterocycles. The number of aromatic nitrogens is 1. The molecule has 0 radical (unpaired) electrons. The molecule has 0 bridgehead atoms. The lowest BCUT2D eigenvalue weighted by atomic mass is 10.1. The van der Waals surface area contributed by atoms with Crippen LogP contribution < -0.4 is 20.3 Å². The first-order valence-electron chi connectivity index (χ1n) is 9.62. The number of hydrogen-bond acceptors (Lipinski definition) is 4. The Morgan fingerprint density at radius 1 is 1.26 bits per heavy atom. The van der Waals surface area contributed by atoms with Gasteiger partial charge in [-0.2, -0.15) is 0 Å². The maximum atomic E-state index is 12.2. The molecule has 2 N–H and O–H groups in total. The number of hydrogen-bond donors (Lipinski definition) is 2. The minimum Gasteiger partial charge on any atom is -0.494 e. The van der Waals surface area contributed by atoms with Crippen LogP contribution in [0.25, 0.3) is 0 Å². The first kappa shape index (κ1) is 19.0. The van der Waals surface area contributed by atoms with Crippen molar-refractivity contribution in [3.63, 3.8) is 0 Å². The normalized spacial score (nSPS) is 14.7. The smallest absolute Gasteiger partial charge is 0.315 e. The number of amides is 2. The molecular weight excluding hydrogens is 340 g/mol. The topological polar surface area (TPSA) is 66.5 Å². The van der Waals surface area contributed by atoms with Gasteiger partial charge in [0.25, 0.3) is 0 Å². The average molecular weight is 368 g/mol. The second kappa shape index (κ2) is 9.26. The Kier molecular flexibility index (Phi) is 6.52. The lowest BCUT2D eigenvalue weighted by Crippen LogP contribution is -2.36. The van der Waals surface area contributed by atoms with Crippen molar-refractivity contribution >= 4 is 11.8 Å². The highest BCUT2D eigenvalue weighted by molar-refractivity contribution is 5.74. The van der Waals surface area contributed by atoms with E-state index in [0.29, 0.717) is 13.2 Å². The van der Waals surface area contributed by atoms with E-state index in [2.05, 4.69) is 20.5 Å². The SMILES string of the molecule is CCOc1cccc(C(C)NC(=O)NCc2ccc(N3CCCC3)nc2)c1. The number of carbonyl (C=O) groups excluding carboxylic acids is 1. The Morgan fingerprint density at radius 3 is 2.78 bits per heavy atom. The van der Waals surface area contributed by atoms with Crippen molar-refractivity contribution in [3.8, 4) is 5.75 Å². The summed E-state index contributed by atoms with van der Waals surface area (Å²) in [6, 6.07) is 11.5. The number of urea groups is 1. The molecule has 0 saturated carbocycles. The molecule has 2 aromatic rings. The van der Waals surface area contributed by atoms with Crippen LogP contribution in [0, 0.1) is 0 Å². The molecule has 6 nitrogen and oxygen atoms in total. The van der Waals surface area contributed by atoms with Gasteiger partial charge in [0.1, 0.15) is 11.6 Å². The molecule has 1 atom stereocenters. The van der Waals surface area contributed by atoms with Crippen molar-refractivity contribution in [1.29, 1.82) is 0 Å². The average Bonchev–Trinajstić information content (AvgIpc) is 3.22. The Labute approximate surface area is 160 Å². The number of pyridine rings is 1. The van der Waals surface area contributed by atoms with Gasteiger partial charge in [-0.15, -0.1) is 0 Å². The molecule has 0 aliphatic carbocycles. The molecule has 144 valence electrons. The highest BCUT2D eigenvalue weighted by atomic mass is 16.5. The zero-order valence-electron chi connectivity index (χ0n) is 16.1. The van der Waals surface area contributed by atoms with E-state index in [1.165, 1.54) is 12.8 Å². The number of rotatable bonds is 7. The van der Waals surface area contributed by atoms with Gasteiger partial charge in [-0.25, -0.2) is 9.78 Å². The van der Waals surface area contributed by atoms with Gasteiger partial charge in [-0.3, -0.25) is 0 Å². The summed E-state index contributed by atoms with van der Waals surface area (Å²) in [6.45, 7) is 7.14. The largest absolute Gasteiger partial charge is 0.494 e. The minimum absolute atomic E-state index is 0.110. The van der Waals surface area contributed by atoms with Crippen molar-refractivity contribution < 1.29 is 9.53 Å². The summed E-state index contributed by atoms with van der Waals surface area (Å²) in [4.78, 5) is 19.0. The predicted molar refractivity (Wildman–Crippen MR) is 107 cm³/mol. The van der Waals surface area contributed by atoms with Crippen LogP contribution in [0.5, 0.6) is 5.75 Å². The number of carbonyl (C=O) groups is 1. The fourth-order valence-electron chi connectivity index (χ4n) is 3.21. The molecule has 1 aromatic carbocycles. The summed E-state index contributed by atoms with van der Waals surface area (Å²) in [7, 11) is 0. The van der Waals surface area contributed by atoms with Crippen LogP contribution in [-0.4, -0.2) is 30.7 Å². The quantitative estimate of drug-likeness (QED) is 0.783. The summed E-state index contributed by atoms with van der Waals surface area (Å²) in [5.74, 6) is 1.83. The van der Waals surface area contributed by atoms with Crippen LogP contribution in [0.15, 0.2) is 42.6 Å². The van der Waals surface area contributed by atoms with Crippen molar-refractivity contribution in [2.24, 2.45) is 0 Å². The lowest BCUT2D eigenvalue weighted by Gasteiger charge is -2.17. The van der Waals surface area contributed by atoms with E-state index in [1.807, 2.05) is 56.4 Å². The van der Waals surface area contributed by atoms with Gasteiger partial charge in [0.2, 0.25) is 0 Å². The first-order valence-corrected chi connectivity index (χ1v) is 9.62. The third-order valence-electron chi connectivity index (χ3n) is 4.71. The van der Waals surface area contributed by atoms with Gasteiger partial charge >= 0.3 is 6.03 Å². The molecule has 1 aliphatic rings. The van der Waals surface area contributed by atoms with Crippen LogP contribution in [0.2, 0.25) is 0 Å². The molecule has 27 heavy (non-hydrogen) atoms. The van der Waals surface area contributed by atoms with Gasteiger partial charge < -0.3 is 20.3 Å². The summed E-state index contributed by atoms with van der Waals surface area (Å²) in [5, 5.41) is 5.85. The van der Waals surface area contributed by atoms with Gasteiger partial charge in [0.05, 0.1) is 12.6 Å². The number of anilines is 1. The van der Waals surface area contributed by atoms with Gasteiger partial charge in [-0.1, -0.05) is 18.2 Å². The molecule has 0 spiro atoms. The monoisotopic (exact) mass is 368 g/mol. The van der Waals surface area contributed by atoms with Crippen LogP contribution in [0.1, 0.15) is 43.9 Å². The maximum absolute atomic E-state index is 12.2. The molecule has 1 unspecified atom stereocenters. The van der Waals surface area contributed by atoms with Crippen LogP contribution in [-0.2, 0) is 6.54 Å². The first-order chi connectivity index (χ1) is 13.2. The Hall–Kier alpha value is -2.76. The summed E-state index contributed by atoms with van der Waals surface area (Å²) >= 11 is 0. The highest BCUT2D eigenvalue weighted by Crippen LogP contribution is 2.19. The van der Waals surface area contributed by atoms with Crippen molar-refractivity contribution in [2.45, 2.75) is 39.3 Å². The van der Waals surface area contributed by atoms with Crippen molar-refractivity contribution in [2.75, 3.05) is 24.6 Å². The van der Waals surface area contributed by atoms with Gasteiger partial charge in [0, 0.05) is 25.8 Å². The summed E-state index contributed by atoms with van der Waals surface area (Å²) in [6.07, 6.45) is 4.30. The van der Waals surface area contributed by atoms with E-state index < -0.39 is 0 Å². The zero-order chi connectivity index (χ0) is 19.1. The predicted octanol–water partition coefficient (Wildman–Crippen LogP) is 3.64. The summed E-state index contributed by atoms with van der Waals surface area (Å²) in [5.41, 5.74) is 1.99. The lowest BCUT2D eigenvalue weighted by molar-refractivity contribution is 0.237.